The number of piperidine rings is 1. The number of methoxy groups -OCH3 is 2. The number of hydrogen-bond donors (Lipinski definition) is 1. The van der Waals surface area contributed by atoms with Crippen LogP contribution in [0.1, 0.15) is 19.3 Å². The van der Waals surface area contributed by atoms with E-state index in [1.54, 1.807) is 24.3 Å². The Morgan fingerprint density at radius 3 is 2.48 bits per heavy atom. The third kappa shape index (κ3) is 3.24. The van der Waals surface area contributed by atoms with Crippen molar-refractivity contribution in [1.82, 2.24) is 0 Å². The molecule has 0 unspecified atom stereocenters. The van der Waals surface area contributed by atoms with Crippen molar-refractivity contribution in [1.29, 1.82) is 0 Å². The molecule has 3 rings (SSSR count). The number of hydrogen-bond acceptors (Lipinski definition) is 5. The van der Waals surface area contributed by atoms with Crippen LogP contribution in [0.4, 0.5) is 5.69 Å². The summed E-state index contributed by atoms with van der Waals surface area (Å²) in [6.45, 7) is 1.37. The van der Waals surface area contributed by atoms with Gasteiger partial charge < -0.3 is 14.4 Å². The number of quaternary nitrogens is 1. The Balaban J connectivity index is 1.73. The fourth-order valence-electron chi connectivity index (χ4n) is 3.76. The molecular weight excluding hydrogens is 324 g/mol. The molecule has 2 aliphatic heterocycles. The number of nitrogens with one attached hydrogen (secondary N) is 1. The first-order chi connectivity index (χ1) is 12.1. The first-order valence-electron chi connectivity index (χ1n) is 8.49. The van der Waals surface area contributed by atoms with E-state index in [-0.39, 0.29) is 30.1 Å². The summed E-state index contributed by atoms with van der Waals surface area (Å²) in [5.41, 5.74) is 0.492. The van der Waals surface area contributed by atoms with Gasteiger partial charge in [0.25, 0.3) is 5.91 Å². The highest BCUT2D eigenvalue weighted by Crippen LogP contribution is 2.31. The van der Waals surface area contributed by atoms with E-state index in [1.807, 2.05) is 0 Å². The maximum atomic E-state index is 12.9. The molecule has 25 heavy (non-hydrogen) atoms. The van der Waals surface area contributed by atoms with Gasteiger partial charge in [0, 0.05) is 12.8 Å². The Labute approximate surface area is 146 Å². The summed E-state index contributed by atoms with van der Waals surface area (Å²) in [5, 5.41) is 0. The van der Waals surface area contributed by atoms with Gasteiger partial charge in [0.05, 0.1) is 45.3 Å². The lowest BCUT2D eigenvalue weighted by molar-refractivity contribution is -0.920. The van der Waals surface area contributed by atoms with Crippen molar-refractivity contribution in [3.05, 3.63) is 24.3 Å². The highest BCUT2D eigenvalue weighted by atomic mass is 16.5. The number of likely N-dealkylation sites (tertiary alicyclic amines) is 1. The van der Waals surface area contributed by atoms with Gasteiger partial charge in [-0.1, -0.05) is 12.1 Å². The molecule has 0 aliphatic carbocycles. The van der Waals surface area contributed by atoms with Crippen LogP contribution in [-0.4, -0.2) is 51.1 Å². The predicted molar refractivity (Wildman–Crippen MR) is 89.3 cm³/mol. The molecule has 0 bridgehead atoms. The summed E-state index contributed by atoms with van der Waals surface area (Å²) in [4.78, 5) is 39.3. The van der Waals surface area contributed by atoms with Gasteiger partial charge in [-0.15, -0.1) is 0 Å². The molecule has 2 heterocycles. The zero-order valence-electron chi connectivity index (χ0n) is 14.5. The van der Waals surface area contributed by atoms with Gasteiger partial charge in [-0.3, -0.25) is 14.4 Å². The largest absolute Gasteiger partial charge is 0.495 e. The van der Waals surface area contributed by atoms with Crippen LogP contribution >= 0.6 is 0 Å². The van der Waals surface area contributed by atoms with E-state index in [9.17, 15) is 14.4 Å². The summed E-state index contributed by atoms with van der Waals surface area (Å²) >= 11 is 0. The molecule has 1 aromatic rings. The Morgan fingerprint density at radius 2 is 1.84 bits per heavy atom. The molecule has 2 fully saturated rings. The molecule has 1 atom stereocenters. The topological polar surface area (TPSA) is 77.3 Å². The number of amides is 2. The number of para-hydroxylation sites is 2. The SMILES string of the molecule is COC(=O)C1CC[NH+]([C@H]2CC(=O)N(c3ccccc3OC)C2=O)CC1. The molecule has 0 saturated carbocycles. The lowest BCUT2D eigenvalue weighted by Gasteiger charge is -2.30. The van der Waals surface area contributed by atoms with E-state index in [0.29, 0.717) is 37.4 Å². The number of carbonyl (C=O) groups excluding carboxylic acids is 3. The molecule has 7 nitrogen and oxygen atoms in total. The smallest absolute Gasteiger partial charge is 0.309 e. The Kier molecular flexibility index (Phi) is 5.03. The number of nitrogens with zero attached hydrogens (tertiary/aromatic N) is 1. The zero-order chi connectivity index (χ0) is 18.0. The number of benzene rings is 1. The summed E-state index contributed by atoms with van der Waals surface area (Å²) in [7, 11) is 2.91. The van der Waals surface area contributed by atoms with Crippen molar-refractivity contribution in [2.24, 2.45) is 5.92 Å². The number of carbonyl (C=O) groups is 3. The van der Waals surface area contributed by atoms with Gasteiger partial charge in [0.15, 0.2) is 6.04 Å². The van der Waals surface area contributed by atoms with Crippen molar-refractivity contribution < 1.29 is 28.8 Å². The van der Waals surface area contributed by atoms with Crippen LogP contribution in [0.5, 0.6) is 5.75 Å². The van der Waals surface area contributed by atoms with Crippen LogP contribution < -0.4 is 14.5 Å². The molecule has 134 valence electrons. The van der Waals surface area contributed by atoms with Gasteiger partial charge in [-0.25, -0.2) is 4.90 Å². The fourth-order valence-corrected chi connectivity index (χ4v) is 3.76. The van der Waals surface area contributed by atoms with Crippen LogP contribution in [0.2, 0.25) is 0 Å². The molecule has 0 radical (unpaired) electrons. The van der Waals surface area contributed by atoms with Crippen LogP contribution in [0.3, 0.4) is 0 Å². The second-order valence-corrected chi connectivity index (χ2v) is 6.45. The van der Waals surface area contributed by atoms with Gasteiger partial charge in [-0.2, -0.15) is 0 Å². The van der Waals surface area contributed by atoms with Crippen molar-refractivity contribution in [3.63, 3.8) is 0 Å². The quantitative estimate of drug-likeness (QED) is 0.603. The monoisotopic (exact) mass is 347 g/mol. The summed E-state index contributed by atoms with van der Waals surface area (Å²) < 4.78 is 10.1. The van der Waals surface area contributed by atoms with Gasteiger partial charge in [-0.05, 0) is 12.1 Å². The predicted octanol–water partition coefficient (Wildman–Crippen LogP) is -0.205. The highest BCUT2D eigenvalue weighted by molar-refractivity contribution is 6.22. The lowest BCUT2D eigenvalue weighted by Crippen LogP contribution is -3.17. The first kappa shape index (κ1) is 17.4. The minimum absolute atomic E-state index is 0.105. The highest BCUT2D eigenvalue weighted by Gasteiger charge is 2.47. The summed E-state index contributed by atoms with van der Waals surface area (Å²) in [5.74, 6) is -0.192. The Hall–Kier alpha value is -2.41. The molecule has 2 saturated heterocycles. The average Bonchev–Trinajstić information content (AvgIpc) is 2.95. The minimum atomic E-state index is -0.393. The second-order valence-electron chi connectivity index (χ2n) is 6.45. The van der Waals surface area contributed by atoms with Crippen LogP contribution in [-0.2, 0) is 19.1 Å². The molecule has 7 heteroatoms. The second kappa shape index (κ2) is 7.23. The van der Waals surface area contributed by atoms with Gasteiger partial charge in [0.2, 0.25) is 5.91 Å². The standard InChI is InChI=1S/C18H22N2O5/c1-24-15-6-4-3-5-13(15)20-16(21)11-14(17(20)22)19-9-7-12(8-10-19)18(23)25-2/h3-6,12,14H,7-11H2,1-2H3/p+1/t14-/m0/s1. The number of esters is 1. The molecular formula is C18H23N2O5+. The Morgan fingerprint density at radius 1 is 1.16 bits per heavy atom. The molecule has 1 aromatic carbocycles. The maximum Gasteiger partial charge on any atom is 0.309 e. The van der Waals surface area contributed by atoms with Crippen LogP contribution in [0.25, 0.3) is 0 Å². The number of ether oxygens (including phenoxy) is 2. The lowest BCUT2D eigenvalue weighted by atomic mass is 9.95. The number of imide groups is 1. The maximum absolute atomic E-state index is 12.9. The van der Waals surface area contributed by atoms with Crippen LogP contribution in [0.15, 0.2) is 24.3 Å². The fraction of sp³-hybridized carbons (Fsp3) is 0.500. The van der Waals surface area contributed by atoms with Crippen molar-refractivity contribution in [2.75, 3.05) is 32.2 Å². The Bertz CT molecular complexity index is 682. The molecule has 2 aliphatic rings. The molecule has 0 spiro atoms. The molecule has 2 amide bonds. The van der Waals surface area contributed by atoms with Crippen LogP contribution in [0, 0.1) is 5.92 Å². The van der Waals surface area contributed by atoms with E-state index in [0.717, 1.165) is 4.90 Å². The summed E-state index contributed by atoms with van der Waals surface area (Å²) in [6.07, 6.45) is 1.54. The first-order valence-corrected chi connectivity index (χ1v) is 8.49. The van der Waals surface area contributed by atoms with Crippen molar-refractivity contribution in [2.45, 2.75) is 25.3 Å². The van der Waals surface area contributed by atoms with E-state index in [4.69, 9.17) is 9.47 Å². The van der Waals surface area contributed by atoms with Crippen molar-refractivity contribution >= 4 is 23.5 Å². The summed E-state index contributed by atoms with van der Waals surface area (Å²) in [6, 6.07) is 6.64. The number of anilines is 1. The van der Waals surface area contributed by atoms with E-state index in [1.165, 1.54) is 19.1 Å². The van der Waals surface area contributed by atoms with Crippen molar-refractivity contribution in [3.8, 4) is 5.75 Å². The van der Waals surface area contributed by atoms with E-state index >= 15 is 0 Å². The third-order valence-corrected chi connectivity index (χ3v) is 5.13. The molecule has 0 aromatic heterocycles. The van der Waals surface area contributed by atoms with E-state index in [2.05, 4.69) is 0 Å². The molecule has 1 N–H and O–H groups in total. The minimum Gasteiger partial charge on any atom is -0.495 e. The van der Waals surface area contributed by atoms with Gasteiger partial charge >= 0.3 is 5.97 Å². The van der Waals surface area contributed by atoms with Gasteiger partial charge in [0.1, 0.15) is 5.75 Å². The number of rotatable bonds is 4. The third-order valence-electron chi connectivity index (χ3n) is 5.13. The normalized spacial score (nSPS) is 26.6. The zero-order valence-corrected chi connectivity index (χ0v) is 14.5. The van der Waals surface area contributed by atoms with E-state index < -0.39 is 6.04 Å². The average molecular weight is 347 g/mol.